The Morgan fingerprint density at radius 2 is 1.62 bits per heavy atom. The van der Waals surface area contributed by atoms with Crippen molar-refractivity contribution < 1.29 is 48.5 Å². The Kier molecular flexibility index (Phi) is 11.1. The Morgan fingerprint density at radius 3 is 2.26 bits per heavy atom. The Labute approximate surface area is 335 Å². The molecule has 58 heavy (non-hydrogen) atoms. The largest absolute Gasteiger partial charge is 0.504 e. The summed E-state index contributed by atoms with van der Waals surface area (Å²) in [6, 6.07) is 29.0. The van der Waals surface area contributed by atoms with Crippen molar-refractivity contribution in [1.82, 2.24) is 15.2 Å². The summed E-state index contributed by atoms with van der Waals surface area (Å²) in [6.45, 7) is 1.35. The van der Waals surface area contributed by atoms with Crippen LogP contribution < -0.4 is 10.1 Å². The van der Waals surface area contributed by atoms with Gasteiger partial charge in [-0.25, -0.2) is 14.4 Å². The number of β-lactam (4-membered cyclic amide) rings is 1. The van der Waals surface area contributed by atoms with E-state index in [1.165, 1.54) is 83.5 Å². The molecule has 2 aliphatic rings. The number of phenols is 2. The Morgan fingerprint density at radius 1 is 0.948 bits per heavy atom. The highest BCUT2D eigenvalue weighted by Crippen LogP contribution is 2.54. The van der Waals surface area contributed by atoms with Crippen LogP contribution >= 0.6 is 11.8 Å². The number of pyridine rings is 1. The first-order valence-corrected chi connectivity index (χ1v) is 18.6. The molecule has 16 heteroatoms. The Balaban J connectivity index is 1.12. The zero-order chi connectivity index (χ0) is 41.0. The van der Waals surface area contributed by atoms with Crippen LogP contribution in [0.15, 0.2) is 127 Å². The highest BCUT2D eigenvalue weighted by Gasteiger charge is 2.64. The average Bonchev–Trinajstić information content (AvgIpc) is 3.51. The van der Waals surface area contributed by atoms with Crippen LogP contribution in [-0.2, 0) is 25.6 Å². The molecule has 0 bridgehead atoms. The molecule has 1 unspecified atom stereocenters. The van der Waals surface area contributed by atoms with E-state index in [0.29, 0.717) is 16.7 Å². The number of thioether (sulfide) groups is 1. The fourth-order valence-corrected chi connectivity index (χ4v) is 8.14. The van der Waals surface area contributed by atoms with E-state index in [0.717, 1.165) is 0 Å². The number of benzene rings is 4. The standard InChI is InChI=1S/C42H34N4O11S/c1-42(24-55-41(52)44-23-25-12-17-33(47)34(48)20-25)36(40(51)57-35(26-8-4-2-5-9-26)27-10-6-3-7-11-27)45-37(49)32(38(45)58-42)22-29-21-28(18-19-43-29)39(50)56-31-15-13-30(14-16-31)46(53)54/h2-22,35-36,38,47-48H,23-24H2,1H3,(H,44,52)/t36-,38?,42-/m0/s1. The van der Waals surface area contributed by atoms with Crippen molar-refractivity contribution >= 4 is 47.5 Å². The summed E-state index contributed by atoms with van der Waals surface area (Å²) in [7, 11) is 0. The second-order valence-electron chi connectivity index (χ2n) is 13.5. The molecule has 3 heterocycles. The summed E-state index contributed by atoms with van der Waals surface area (Å²) in [5, 5.41) is 32.3. The van der Waals surface area contributed by atoms with Crippen LogP contribution in [0.3, 0.4) is 0 Å². The molecule has 294 valence electrons. The van der Waals surface area contributed by atoms with Gasteiger partial charge in [0.25, 0.3) is 11.6 Å². The fourth-order valence-electron chi connectivity index (χ4n) is 6.53. The van der Waals surface area contributed by atoms with Gasteiger partial charge in [-0.1, -0.05) is 66.7 Å². The van der Waals surface area contributed by atoms with Gasteiger partial charge in [0.2, 0.25) is 0 Å². The van der Waals surface area contributed by atoms with Gasteiger partial charge in [-0.15, -0.1) is 11.8 Å². The van der Waals surface area contributed by atoms with Crippen LogP contribution in [0.4, 0.5) is 10.5 Å². The molecule has 7 rings (SSSR count). The van der Waals surface area contributed by atoms with Crippen molar-refractivity contribution in [2.24, 2.45) is 0 Å². The molecule has 3 N–H and O–H groups in total. The number of nitro benzene ring substituents is 1. The maximum atomic E-state index is 14.4. The van der Waals surface area contributed by atoms with E-state index in [1.54, 1.807) is 6.92 Å². The number of rotatable bonds is 12. The lowest BCUT2D eigenvalue weighted by Gasteiger charge is -2.40. The van der Waals surface area contributed by atoms with E-state index in [2.05, 4.69) is 10.3 Å². The number of carbonyl (C=O) groups excluding carboxylic acids is 4. The molecule has 2 fully saturated rings. The van der Waals surface area contributed by atoms with Gasteiger partial charge in [0.15, 0.2) is 17.6 Å². The van der Waals surface area contributed by atoms with Gasteiger partial charge in [-0.2, -0.15) is 0 Å². The minimum Gasteiger partial charge on any atom is -0.504 e. The number of non-ortho nitro benzene ring substituents is 1. The molecule has 2 aliphatic heterocycles. The monoisotopic (exact) mass is 802 g/mol. The van der Waals surface area contributed by atoms with E-state index in [4.69, 9.17) is 14.2 Å². The number of esters is 2. The third kappa shape index (κ3) is 8.31. The number of nitro groups is 1. The summed E-state index contributed by atoms with van der Waals surface area (Å²) < 4.78 is 16.0. The molecule has 2 amide bonds. The van der Waals surface area contributed by atoms with Crippen LogP contribution in [0.1, 0.15) is 45.8 Å². The van der Waals surface area contributed by atoms with Crippen LogP contribution in [0.5, 0.6) is 17.2 Å². The quantitative estimate of drug-likeness (QED) is 0.0241. The van der Waals surface area contributed by atoms with E-state index < -0.39 is 51.1 Å². The number of nitrogens with zero attached hydrogens (tertiary/aromatic N) is 3. The second-order valence-corrected chi connectivity index (χ2v) is 15.1. The van der Waals surface area contributed by atoms with Gasteiger partial charge in [-0.05, 0) is 66.1 Å². The number of hydrogen-bond donors (Lipinski definition) is 3. The van der Waals surface area contributed by atoms with Gasteiger partial charge < -0.3 is 34.6 Å². The molecular formula is C42H34N4O11S. The highest BCUT2D eigenvalue weighted by molar-refractivity contribution is 8.02. The first-order valence-electron chi connectivity index (χ1n) is 17.8. The van der Waals surface area contributed by atoms with E-state index in [1.807, 2.05) is 60.7 Å². The zero-order valence-electron chi connectivity index (χ0n) is 30.6. The van der Waals surface area contributed by atoms with Gasteiger partial charge in [0, 0.05) is 24.9 Å². The summed E-state index contributed by atoms with van der Waals surface area (Å²) in [6.07, 6.45) is 1.22. The number of ether oxygens (including phenoxy) is 3. The zero-order valence-corrected chi connectivity index (χ0v) is 31.4. The predicted octanol–water partition coefficient (Wildman–Crippen LogP) is 6.31. The number of aromatic nitrogens is 1. The SMILES string of the molecule is C[C@@]1(COC(=O)NCc2ccc(O)c(O)c2)SC2C(=Cc3cc(C(=O)Oc4ccc([N+](=O)[O-])cc4)ccn3)C(=O)N2[C@H]1C(=O)OC(c1ccccc1)c1ccccc1. The number of fused-ring (bicyclic) bond motifs is 1. The molecule has 15 nitrogen and oxygen atoms in total. The summed E-state index contributed by atoms with van der Waals surface area (Å²) >= 11 is 1.23. The third-order valence-corrected chi connectivity index (χ3v) is 11.0. The van der Waals surface area contributed by atoms with Crippen molar-refractivity contribution in [1.29, 1.82) is 0 Å². The fraction of sp³-hybridized carbons (Fsp3) is 0.167. The van der Waals surface area contributed by atoms with Gasteiger partial charge in [-0.3, -0.25) is 19.9 Å². The Bertz CT molecular complexity index is 2370. The molecule has 0 spiro atoms. The molecule has 5 aromatic rings. The molecule has 3 atom stereocenters. The molecule has 0 aliphatic carbocycles. The lowest BCUT2D eigenvalue weighted by atomic mass is 9.93. The van der Waals surface area contributed by atoms with Gasteiger partial charge in [0.05, 0.1) is 26.5 Å². The number of alkyl carbamates (subject to hydrolysis) is 1. The normalized spacial score (nSPS) is 18.9. The molecule has 4 aromatic carbocycles. The topological polar surface area (TPSA) is 208 Å². The summed E-state index contributed by atoms with van der Waals surface area (Å²) in [5.41, 5.74) is 2.36. The summed E-state index contributed by atoms with van der Waals surface area (Å²) in [4.78, 5) is 70.4. The molecule has 2 saturated heterocycles. The van der Waals surface area contributed by atoms with E-state index in [9.17, 15) is 39.5 Å². The van der Waals surface area contributed by atoms with E-state index >= 15 is 0 Å². The van der Waals surface area contributed by atoms with Crippen molar-refractivity contribution in [3.8, 4) is 17.2 Å². The number of phenolic OH excluding ortho intramolecular Hbond substituents is 2. The smallest absolute Gasteiger partial charge is 0.407 e. The minimum absolute atomic E-state index is 0.0363. The van der Waals surface area contributed by atoms with Crippen molar-refractivity contribution in [3.05, 3.63) is 165 Å². The van der Waals surface area contributed by atoms with Crippen LogP contribution in [-0.4, -0.2) is 71.7 Å². The number of hydrogen-bond acceptors (Lipinski definition) is 13. The Hall–Kier alpha value is -7.20. The lowest BCUT2D eigenvalue weighted by Crippen LogP contribution is -2.60. The lowest BCUT2D eigenvalue weighted by molar-refractivity contribution is -0.384. The van der Waals surface area contributed by atoms with E-state index in [-0.39, 0.29) is 52.9 Å². The number of amides is 2. The molecule has 0 saturated carbocycles. The molecule has 1 aromatic heterocycles. The molecular weight excluding hydrogens is 769 g/mol. The minimum atomic E-state index is -1.22. The van der Waals surface area contributed by atoms with Crippen LogP contribution in [0.2, 0.25) is 0 Å². The number of nitrogens with one attached hydrogen (secondary N) is 1. The number of carbonyl (C=O) groups is 4. The molecule has 0 radical (unpaired) electrons. The number of aromatic hydroxyl groups is 2. The van der Waals surface area contributed by atoms with Crippen LogP contribution in [0.25, 0.3) is 6.08 Å². The van der Waals surface area contributed by atoms with Crippen molar-refractivity contribution in [2.75, 3.05) is 6.61 Å². The van der Waals surface area contributed by atoms with Gasteiger partial charge in [0.1, 0.15) is 23.8 Å². The second kappa shape index (κ2) is 16.5. The highest BCUT2D eigenvalue weighted by atomic mass is 32.2. The maximum Gasteiger partial charge on any atom is 0.407 e. The van der Waals surface area contributed by atoms with Crippen molar-refractivity contribution in [2.45, 2.75) is 35.7 Å². The van der Waals surface area contributed by atoms with Gasteiger partial charge >= 0.3 is 18.0 Å². The van der Waals surface area contributed by atoms with Crippen LogP contribution in [0, 0.1) is 10.1 Å². The average molecular weight is 803 g/mol. The summed E-state index contributed by atoms with van der Waals surface area (Å²) in [5.74, 6) is -2.54. The van der Waals surface area contributed by atoms with Crippen molar-refractivity contribution in [3.63, 3.8) is 0 Å². The maximum absolute atomic E-state index is 14.4. The predicted molar refractivity (Wildman–Crippen MR) is 209 cm³/mol. The third-order valence-electron chi connectivity index (χ3n) is 9.44. The first kappa shape index (κ1) is 39.1. The first-order chi connectivity index (χ1) is 27.9.